The number of benzene rings is 2. The van der Waals surface area contributed by atoms with E-state index in [1.807, 2.05) is 45.9 Å². The first-order valence-electron chi connectivity index (χ1n) is 6.56. The molecule has 0 aliphatic rings. The minimum Gasteiger partial charge on any atom is -0.364 e. The van der Waals surface area contributed by atoms with E-state index in [1.165, 1.54) is 5.39 Å². The van der Waals surface area contributed by atoms with E-state index >= 15 is 0 Å². The minimum absolute atomic E-state index is 1.10. The molecule has 0 spiro atoms. The van der Waals surface area contributed by atoms with Crippen molar-refractivity contribution >= 4 is 10.9 Å². The maximum Gasteiger partial charge on any atom is 0.268 e. The van der Waals surface area contributed by atoms with Gasteiger partial charge in [0.05, 0.1) is 16.9 Å². The van der Waals surface area contributed by atoms with Crippen LogP contribution in [0.25, 0.3) is 22.3 Å². The molecular weight excluding hydrogens is 246 g/mol. The van der Waals surface area contributed by atoms with Crippen LogP contribution in [0.3, 0.4) is 0 Å². The van der Waals surface area contributed by atoms with Crippen molar-refractivity contribution in [1.82, 2.24) is 9.55 Å². The number of hydrogen-bond acceptors (Lipinski definition) is 0. The van der Waals surface area contributed by atoms with Gasteiger partial charge in [-0.25, -0.2) is 0 Å². The number of imidazole rings is 1. The fraction of sp³-hybridized carbons (Fsp3) is 0. The van der Waals surface area contributed by atoms with E-state index in [0.717, 1.165) is 16.9 Å². The maximum absolute atomic E-state index is 3.34. The Hall–Kier alpha value is -2.81. The fourth-order valence-corrected chi connectivity index (χ4v) is 2.45. The summed E-state index contributed by atoms with van der Waals surface area (Å²) in [7, 11) is 0. The summed E-state index contributed by atoms with van der Waals surface area (Å²) >= 11 is 0. The summed E-state index contributed by atoms with van der Waals surface area (Å²) in [6.45, 7) is 0. The highest BCUT2D eigenvalue weighted by Gasteiger charge is 2.06. The lowest BCUT2D eigenvalue weighted by Gasteiger charge is -2.03. The number of fused-ring (bicyclic) bond motifs is 1. The van der Waals surface area contributed by atoms with Crippen molar-refractivity contribution in [1.29, 1.82) is 0 Å². The summed E-state index contributed by atoms with van der Waals surface area (Å²) in [5.74, 6) is 0. The molecule has 2 heterocycles. The molecule has 3 heteroatoms. The third-order valence-electron chi connectivity index (χ3n) is 3.44. The first-order valence-corrected chi connectivity index (χ1v) is 6.56. The van der Waals surface area contributed by atoms with Gasteiger partial charge >= 0.3 is 0 Å². The quantitative estimate of drug-likeness (QED) is 0.423. The van der Waals surface area contributed by atoms with Crippen LogP contribution in [0.4, 0.5) is 0 Å². The van der Waals surface area contributed by atoms with Gasteiger partial charge in [0.1, 0.15) is 0 Å². The zero-order valence-corrected chi connectivity index (χ0v) is 10.8. The highest BCUT2D eigenvalue weighted by molar-refractivity contribution is 5.85. The molecule has 0 radical (unpaired) electrons. The van der Waals surface area contributed by atoms with Gasteiger partial charge in [0.25, 0.3) is 6.33 Å². The Balaban J connectivity index is 1.84. The number of H-pyrrole nitrogens is 1. The van der Waals surface area contributed by atoms with E-state index in [2.05, 4.69) is 47.7 Å². The van der Waals surface area contributed by atoms with Crippen molar-refractivity contribution in [3.63, 3.8) is 0 Å². The summed E-state index contributed by atoms with van der Waals surface area (Å²) in [6.07, 6.45) is 9.33. The molecule has 0 aliphatic carbocycles. The van der Waals surface area contributed by atoms with Gasteiger partial charge in [-0.3, -0.25) is 9.13 Å². The molecule has 20 heavy (non-hydrogen) atoms. The van der Waals surface area contributed by atoms with Gasteiger partial charge in [-0.2, -0.15) is 0 Å². The Bertz CT molecular complexity index is 856. The molecule has 1 N–H and O–H groups in total. The van der Waals surface area contributed by atoms with Gasteiger partial charge in [0, 0.05) is 18.6 Å². The average molecular weight is 259 g/mol. The molecule has 0 atom stereocenters. The van der Waals surface area contributed by atoms with Gasteiger partial charge in [-0.1, -0.05) is 30.3 Å². The zero-order valence-electron chi connectivity index (χ0n) is 10.8. The highest BCUT2D eigenvalue weighted by Crippen LogP contribution is 2.16. The van der Waals surface area contributed by atoms with Crippen LogP contribution in [0.1, 0.15) is 0 Å². The molecule has 4 aromatic rings. The van der Waals surface area contributed by atoms with Crippen LogP contribution in [-0.4, -0.2) is 9.55 Å². The Morgan fingerprint density at radius 1 is 0.950 bits per heavy atom. The minimum atomic E-state index is 1.10. The van der Waals surface area contributed by atoms with E-state index in [-0.39, 0.29) is 0 Å². The summed E-state index contributed by atoms with van der Waals surface area (Å²) < 4.78 is 3.99. The normalized spacial score (nSPS) is 11.0. The van der Waals surface area contributed by atoms with E-state index in [9.17, 15) is 0 Å². The topological polar surface area (TPSA) is 24.6 Å². The molecule has 2 aromatic carbocycles. The highest BCUT2D eigenvalue weighted by atomic mass is 15.1. The molecule has 0 bridgehead atoms. The Morgan fingerprint density at radius 3 is 2.75 bits per heavy atom. The van der Waals surface area contributed by atoms with Crippen molar-refractivity contribution in [2.45, 2.75) is 0 Å². The second-order valence-electron chi connectivity index (χ2n) is 4.69. The van der Waals surface area contributed by atoms with Gasteiger partial charge < -0.3 is 4.98 Å². The zero-order chi connectivity index (χ0) is 13.4. The number of para-hydroxylation sites is 2. The van der Waals surface area contributed by atoms with Gasteiger partial charge in [-0.15, -0.1) is 0 Å². The van der Waals surface area contributed by atoms with Gasteiger partial charge in [0.2, 0.25) is 0 Å². The number of hydrogen-bond donors (Lipinski definition) is 1. The van der Waals surface area contributed by atoms with Crippen molar-refractivity contribution in [3.8, 4) is 11.4 Å². The second kappa shape index (κ2) is 4.38. The molecule has 0 saturated carbocycles. The molecular formula is C17H13N3. The Kier molecular flexibility index (Phi) is 2.42. The molecule has 0 saturated heterocycles. The lowest BCUT2D eigenvalue weighted by molar-refractivity contribution is -0.597. The van der Waals surface area contributed by atoms with Crippen molar-refractivity contribution in [3.05, 3.63) is 79.5 Å². The third kappa shape index (κ3) is 1.72. The monoisotopic (exact) mass is 259 g/mol. The third-order valence-corrected chi connectivity index (χ3v) is 3.44. The predicted molar refractivity (Wildman–Crippen MR) is 78.0 cm³/mol. The lowest BCUT2D eigenvalue weighted by Crippen LogP contribution is -2.28. The predicted octanol–water partition coefficient (Wildman–Crippen LogP) is 3.04. The molecule has 0 unspecified atom stereocenters. The van der Waals surface area contributed by atoms with Crippen LogP contribution < -0.4 is 4.57 Å². The first-order chi connectivity index (χ1) is 9.92. The number of aromatic amines is 1. The van der Waals surface area contributed by atoms with Crippen LogP contribution >= 0.6 is 0 Å². The summed E-state index contributed by atoms with van der Waals surface area (Å²) in [5, 5.41) is 1.20. The van der Waals surface area contributed by atoms with Crippen molar-refractivity contribution in [2.75, 3.05) is 0 Å². The van der Waals surface area contributed by atoms with Crippen LogP contribution in [0.2, 0.25) is 0 Å². The van der Waals surface area contributed by atoms with Crippen LogP contribution in [0.5, 0.6) is 0 Å². The molecule has 2 aromatic heterocycles. The van der Waals surface area contributed by atoms with Crippen LogP contribution in [0, 0.1) is 6.33 Å². The number of nitrogens with zero attached hydrogens (tertiary/aromatic N) is 2. The fourth-order valence-electron chi connectivity index (χ4n) is 2.45. The molecule has 96 valence electrons. The van der Waals surface area contributed by atoms with Crippen LogP contribution in [-0.2, 0) is 0 Å². The van der Waals surface area contributed by atoms with Crippen molar-refractivity contribution in [2.24, 2.45) is 0 Å². The molecule has 3 nitrogen and oxygen atoms in total. The smallest absolute Gasteiger partial charge is 0.268 e. The number of rotatable bonds is 2. The summed E-state index contributed by atoms with van der Waals surface area (Å²) in [6, 6.07) is 18.5. The SMILES string of the molecule is [c-]1n(-c2ccccc2)cc[n+]1-c1cccc2cc[nH]c12. The number of nitrogens with one attached hydrogen (secondary N) is 1. The van der Waals surface area contributed by atoms with E-state index in [4.69, 9.17) is 0 Å². The van der Waals surface area contributed by atoms with Crippen LogP contribution in [0.15, 0.2) is 73.2 Å². The lowest BCUT2D eigenvalue weighted by atomic mass is 10.2. The Labute approximate surface area is 116 Å². The summed E-state index contributed by atoms with van der Waals surface area (Å²) in [4.78, 5) is 3.29. The van der Waals surface area contributed by atoms with Crippen molar-refractivity contribution < 1.29 is 4.57 Å². The second-order valence-corrected chi connectivity index (χ2v) is 4.69. The molecule has 4 rings (SSSR count). The summed E-state index contributed by atoms with van der Waals surface area (Å²) in [5.41, 5.74) is 3.33. The largest absolute Gasteiger partial charge is 0.364 e. The van der Waals surface area contributed by atoms with Gasteiger partial charge in [-0.05, 0) is 29.7 Å². The number of aromatic nitrogens is 3. The van der Waals surface area contributed by atoms with Gasteiger partial charge in [0.15, 0.2) is 0 Å². The molecule has 0 fully saturated rings. The van der Waals surface area contributed by atoms with E-state index in [1.54, 1.807) is 0 Å². The Morgan fingerprint density at radius 2 is 1.85 bits per heavy atom. The standard InChI is InChI=1S/C17H13N3/c1-2-6-15(7-3-1)19-11-12-20(13-19)16-8-4-5-14-9-10-18-17(14)16/h1-12,18H. The average Bonchev–Trinajstić information content (AvgIpc) is 3.17. The molecule has 0 aliphatic heterocycles. The van der Waals surface area contributed by atoms with E-state index in [0.29, 0.717) is 0 Å². The molecule has 0 amide bonds. The first kappa shape index (κ1) is 11.1. The maximum atomic E-state index is 3.34. The van der Waals surface area contributed by atoms with E-state index < -0.39 is 0 Å².